The van der Waals surface area contributed by atoms with E-state index in [0.717, 1.165) is 0 Å². The van der Waals surface area contributed by atoms with E-state index < -0.39 is 17.4 Å². The summed E-state index contributed by atoms with van der Waals surface area (Å²) < 4.78 is 10.6. The van der Waals surface area contributed by atoms with E-state index in [-0.39, 0.29) is 12.2 Å². The van der Waals surface area contributed by atoms with Crippen molar-refractivity contribution in [3.05, 3.63) is 53.1 Å². The number of methoxy groups -OCH3 is 1. The Balaban J connectivity index is 1.66. The highest BCUT2D eigenvalue weighted by atomic mass is 35.5. The number of amides is 2. The van der Waals surface area contributed by atoms with Crippen molar-refractivity contribution >= 4 is 29.1 Å². The zero-order chi connectivity index (χ0) is 19.4. The fourth-order valence-electron chi connectivity index (χ4n) is 2.89. The van der Waals surface area contributed by atoms with E-state index in [1.54, 1.807) is 36.4 Å². The van der Waals surface area contributed by atoms with Crippen LogP contribution in [0.4, 0.5) is 5.69 Å². The first-order valence-electron chi connectivity index (χ1n) is 8.30. The summed E-state index contributed by atoms with van der Waals surface area (Å²) in [6, 6.07) is 11.7. The molecule has 3 N–H and O–H groups in total. The van der Waals surface area contributed by atoms with Gasteiger partial charge in [0, 0.05) is 17.0 Å². The first-order valence-corrected chi connectivity index (χ1v) is 8.68. The van der Waals surface area contributed by atoms with Gasteiger partial charge in [-0.15, -0.1) is 0 Å². The molecule has 0 radical (unpaired) electrons. The molecule has 0 bridgehead atoms. The molecule has 0 aliphatic carbocycles. The summed E-state index contributed by atoms with van der Waals surface area (Å²) in [7, 11) is 1.44. The van der Waals surface area contributed by atoms with Gasteiger partial charge in [0.15, 0.2) is 0 Å². The van der Waals surface area contributed by atoms with Gasteiger partial charge < -0.3 is 25.2 Å². The summed E-state index contributed by atoms with van der Waals surface area (Å²) in [6.45, 7) is 0.196. The third kappa shape index (κ3) is 4.15. The van der Waals surface area contributed by atoms with Crippen LogP contribution in [0.5, 0.6) is 11.5 Å². The van der Waals surface area contributed by atoms with Gasteiger partial charge >= 0.3 is 11.8 Å². The zero-order valence-electron chi connectivity index (χ0n) is 14.6. The van der Waals surface area contributed by atoms with Crippen molar-refractivity contribution in [2.24, 2.45) is 0 Å². The lowest BCUT2D eigenvalue weighted by Crippen LogP contribution is -2.46. The number of halogens is 1. The normalized spacial score (nSPS) is 18.0. The van der Waals surface area contributed by atoms with Crippen LogP contribution in [0.2, 0.25) is 5.02 Å². The predicted octanol–water partition coefficient (Wildman–Crippen LogP) is 2.07. The van der Waals surface area contributed by atoms with Crippen LogP contribution in [0.1, 0.15) is 12.0 Å². The summed E-state index contributed by atoms with van der Waals surface area (Å²) in [5.74, 6) is -0.833. The number of nitrogens with one attached hydrogen (secondary N) is 2. The molecular weight excluding hydrogens is 372 g/mol. The quantitative estimate of drug-likeness (QED) is 0.694. The first-order chi connectivity index (χ1) is 12.9. The second kappa shape index (κ2) is 7.85. The lowest BCUT2D eigenvalue weighted by molar-refractivity contribution is -0.137. The maximum absolute atomic E-state index is 12.2. The molecule has 3 rings (SSSR count). The molecule has 2 aromatic carbocycles. The topological polar surface area (TPSA) is 96.9 Å². The molecule has 1 aliphatic rings. The fraction of sp³-hybridized carbons (Fsp3) is 0.263. The number of aliphatic hydroxyl groups is 1. The van der Waals surface area contributed by atoms with E-state index in [2.05, 4.69) is 10.6 Å². The molecule has 2 aromatic rings. The van der Waals surface area contributed by atoms with Crippen LogP contribution in [0.15, 0.2) is 42.5 Å². The van der Waals surface area contributed by atoms with Crippen LogP contribution in [-0.2, 0) is 15.2 Å². The first kappa shape index (κ1) is 19.0. The number of para-hydroxylation sites is 1. The average molecular weight is 391 g/mol. The van der Waals surface area contributed by atoms with Crippen LogP contribution in [0.25, 0.3) is 0 Å². The van der Waals surface area contributed by atoms with Gasteiger partial charge in [-0.05, 0) is 24.3 Å². The number of benzene rings is 2. The summed E-state index contributed by atoms with van der Waals surface area (Å²) in [4.78, 5) is 24.4. The van der Waals surface area contributed by atoms with Crippen LogP contribution in [-0.4, -0.2) is 37.2 Å². The minimum absolute atomic E-state index is 0.119. The number of carbonyl (C=O) groups excluding carboxylic acids is 2. The molecule has 7 nitrogen and oxygen atoms in total. The number of carbonyl (C=O) groups is 2. The van der Waals surface area contributed by atoms with Gasteiger partial charge in [-0.3, -0.25) is 9.59 Å². The maximum Gasteiger partial charge on any atom is 0.313 e. The smallest absolute Gasteiger partial charge is 0.313 e. The highest BCUT2D eigenvalue weighted by Crippen LogP contribution is 2.36. The lowest BCUT2D eigenvalue weighted by atomic mass is 9.88. The minimum atomic E-state index is -1.31. The second-order valence-electron chi connectivity index (χ2n) is 6.11. The van der Waals surface area contributed by atoms with Crippen LogP contribution in [0.3, 0.4) is 0 Å². The minimum Gasteiger partial charge on any atom is -0.495 e. The number of anilines is 1. The molecule has 0 aromatic heterocycles. The van der Waals surface area contributed by atoms with Crippen molar-refractivity contribution in [2.45, 2.75) is 12.0 Å². The van der Waals surface area contributed by atoms with Gasteiger partial charge in [0.05, 0.1) is 25.9 Å². The van der Waals surface area contributed by atoms with Crippen molar-refractivity contribution < 1.29 is 24.2 Å². The third-order valence-electron chi connectivity index (χ3n) is 4.32. The van der Waals surface area contributed by atoms with Crippen LogP contribution in [0, 0.1) is 0 Å². The van der Waals surface area contributed by atoms with E-state index in [1.165, 1.54) is 13.2 Å². The standard InChI is InChI=1S/C19H19ClN2O5/c1-26-16-7-6-12(20)10-14(16)22-18(24)17(23)21-11-19(25)8-9-27-15-5-3-2-4-13(15)19/h2-7,10,25H,8-9,11H2,1H3,(H,21,23)(H,22,24)/t19-/m0/s1. The lowest BCUT2D eigenvalue weighted by Gasteiger charge is -2.34. The summed E-state index contributed by atoms with van der Waals surface area (Å²) in [6.07, 6.45) is 0.300. The van der Waals surface area contributed by atoms with Gasteiger partial charge in [-0.25, -0.2) is 0 Å². The summed E-state index contributed by atoms with van der Waals surface area (Å²) in [5.41, 5.74) is -0.452. The Morgan fingerprint density at radius 3 is 2.81 bits per heavy atom. The Morgan fingerprint density at radius 2 is 2.04 bits per heavy atom. The molecule has 1 heterocycles. The predicted molar refractivity (Wildman–Crippen MR) is 100 cm³/mol. The molecule has 142 valence electrons. The molecule has 1 atom stereocenters. The van der Waals surface area contributed by atoms with Gasteiger partial charge in [0.25, 0.3) is 0 Å². The number of rotatable bonds is 4. The molecule has 0 unspecified atom stereocenters. The number of fused-ring (bicyclic) bond motifs is 1. The molecule has 8 heteroatoms. The van der Waals surface area contributed by atoms with Crippen molar-refractivity contribution in [1.29, 1.82) is 0 Å². The maximum atomic E-state index is 12.2. The molecule has 0 spiro atoms. The Kier molecular flexibility index (Phi) is 5.53. The molecule has 1 aliphatic heterocycles. The van der Waals surface area contributed by atoms with Crippen molar-refractivity contribution in [1.82, 2.24) is 5.32 Å². The molecule has 27 heavy (non-hydrogen) atoms. The van der Waals surface area contributed by atoms with Crippen LogP contribution < -0.4 is 20.1 Å². The van der Waals surface area contributed by atoms with E-state index in [0.29, 0.717) is 35.1 Å². The van der Waals surface area contributed by atoms with E-state index in [9.17, 15) is 14.7 Å². The third-order valence-corrected chi connectivity index (χ3v) is 4.55. The van der Waals surface area contributed by atoms with Crippen molar-refractivity contribution in [3.63, 3.8) is 0 Å². The number of hydrogen-bond acceptors (Lipinski definition) is 5. The second-order valence-corrected chi connectivity index (χ2v) is 6.54. The highest BCUT2D eigenvalue weighted by Gasteiger charge is 2.36. The summed E-state index contributed by atoms with van der Waals surface area (Å²) >= 11 is 5.91. The van der Waals surface area contributed by atoms with Crippen molar-refractivity contribution in [2.75, 3.05) is 25.6 Å². The van der Waals surface area contributed by atoms with E-state index in [1.807, 2.05) is 0 Å². The Bertz CT molecular complexity index is 873. The van der Waals surface area contributed by atoms with Gasteiger partial charge in [-0.1, -0.05) is 29.8 Å². The Morgan fingerprint density at radius 1 is 1.26 bits per heavy atom. The van der Waals surface area contributed by atoms with E-state index >= 15 is 0 Å². The van der Waals surface area contributed by atoms with E-state index in [4.69, 9.17) is 21.1 Å². The van der Waals surface area contributed by atoms with Gasteiger partial charge in [0.1, 0.15) is 17.1 Å². The van der Waals surface area contributed by atoms with Crippen molar-refractivity contribution in [3.8, 4) is 11.5 Å². The van der Waals surface area contributed by atoms with Crippen LogP contribution >= 0.6 is 11.6 Å². The fourth-order valence-corrected chi connectivity index (χ4v) is 3.06. The monoisotopic (exact) mass is 390 g/mol. The average Bonchev–Trinajstić information content (AvgIpc) is 2.67. The zero-order valence-corrected chi connectivity index (χ0v) is 15.4. The SMILES string of the molecule is COc1ccc(Cl)cc1NC(=O)C(=O)NC[C@@]1(O)CCOc2ccccc21. The summed E-state index contributed by atoms with van der Waals surface area (Å²) in [5, 5.41) is 16.2. The highest BCUT2D eigenvalue weighted by molar-refractivity contribution is 6.40. The Labute approximate surface area is 161 Å². The van der Waals surface area contributed by atoms with Gasteiger partial charge in [-0.2, -0.15) is 0 Å². The van der Waals surface area contributed by atoms with Gasteiger partial charge in [0.2, 0.25) is 0 Å². The molecule has 0 saturated carbocycles. The molecule has 0 fully saturated rings. The number of hydrogen-bond donors (Lipinski definition) is 3. The molecule has 0 saturated heterocycles. The largest absolute Gasteiger partial charge is 0.495 e. The molecule has 2 amide bonds. The Hall–Kier alpha value is -2.77. The molecular formula is C19H19ClN2O5. The number of ether oxygens (including phenoxy) is 2.